The molecule has 13 heavy (non-hydrogen) atoms. The van der Waals surface area contributed by atoms with Crippen LogP contribution in [0.4, 0.5) is 0 Å². The standard InChI is InChI=1S/C12H16O/c1-9-3-8-12(9)10-4-6-11(13-2)7-5-10/h4-7,9,12H,3,8H2,1-2H3. The number of hydrogen-bond acceptors (Lipinski definition) is 1. The normalized spacial score (nSPS) is 26.6. The lowest BCUT2D eigenvalue weighted by atomic mass is 9.71. The van der Waals surface area contributed by atoms with Crippen molar-refractivity contribution in [3.05, 3.63) is 29.8 Å². The summed E-state index contributed by atoms with van der Waals surface area (Å²) < 4.78 is 5.13. The highest BCUT2D eigenvalue weighted by molar-refractivity contribution is 5.30. The summed E-state index contributed by atoms with van der Waals surface area (Å²) in [7, 11) is 1.71. The van der Waals surface area contributed by atoms with Crippen LogP contribution >= 0.6 is 0 Å². The van der Waals surface area contributed by atoms with Gasteiger partial charge in [-0.1, -0.05) is 19.1 Å². The quantitative estimate of drug-likeness (QED) is 0.672. The molecular weight excluding hydrogens is 160 g/mol. The van der Waals surface area contributed by atoms with E-state index in [1.54, 1.807) is 7.11 Å². The van der Waals surface area contributed by atoms with E-state index >= 15 is 0 Å². The lowest BCUT2D eigenvalue weighted by Gasteiger charge is -2.34. The molecule has 0 bridgehead atoms. The van der Waals surface area contributed by atoms with Gasteiger partial charge in [0.15, 0.2) is 0 Å². The third kappa shape index (κ3) is 1.55. The van der Waals surface area contributed by atoms with Gasteiger partial charge < -0.3 is 4.74 Å². The average Bonchev–Trinajstić information content (AvgIpc) is 2.17. The summed E-state index contributed by atoms with van der Waals surface area (Å²) in [6.07, 6.45) is 2.74. The Kier molecular flexibility index (Phi) is 2.26. The molecule has 1 aromatic carbocycles. The fourth-order valence-electron chi connectivity index (χ4n) is 2.01. The molecule has 70 valence electrons. The van der Waals surface area contributed by atoms with Gasteiger partial charge in [-0.15, -0.1) is 0 Å². The van der Waals surface area contributed by atoms with Gasteiger partial charge in [-0.3, -0.25) is 0 Å². The van der Waals surface area contributed by atoms with Crippen LogP contribution in [0.15, 0.2) is 24.3 Å². The van der Waals surface area contributed by atoms with E-state index in [9.17, 15) is 0 Å². The molecule has 0 saturated heterocycles. The monoisotopic (exact) mass is 176 g/mol. The van der Waals surface area contributed by atoms with Crippen LogP contribution in [0.5, 0.6) is 5.75 Å². The SMILES string of the molecule is COc1ccc(C2CCC2C)cc1. The smallest absolute Gasteiger partial charge is 0.118 e. The zero-order valence-electron chi connectivity index (χ0n) is 8.29. The number of rotatable bonds is 2. The second-order valence-electron chi connectivity index (χ2n) is 3.93. The number of benzene rings is 1. The molecular formula is C12H16O. The largest absolute Gasteiger partial charge is 0.497 e. The van der Waals surface area contributed by atoms with Crippen molar-refractivity contribution < 1.29 is 4.74 Å². The molecule has 0 heterocycles. The molecule has 1 aromatic rings. The average molecular weight is 176 g/mol. The number of hydrogen-bond donors (Lipinski definition) is 0. The van der Waals surface area contributed by atoms with Crippen LogP contribution in [0.1, 0.15) is 31.2 Å². The Morgan fingerprint density at radius 2 is 1.85 bits per heavy atom. The molecule has 0 aromatic heterocycles. The van der Waals surface area contributed by atoms with E-state index in [1.807, 2.05) is 0 Å². The summed E-state index contributed by atoms with van der Waals surface area (Å²) in [5.41, 5.74) is 1.47. The lowest BCUT2D eigenvalue weighted by molar-refractivity contribution is 0.280. The van der Waals surface area contributed by atoms with E-state index in [-0.39, 0.29) is 0 Å². The maximum Gasteiger partial charge on any atom is 0.118 e. The van der Waals surface area contributed by atoms with Crippen molar-refractivity contribution in [3.8, 4) is 5.75 Å². The first-order valence-corrected chi connectivity index (χ1v) is 4.95. The zero-order valence-corrected chi connectivity index (χ0v) is 8.29. The van der Waals surface area contributed by atoms with Gasteiger partial charge in [0.05, 0.1) is 7.11 Å². The molecule has 1 nitrogen and oxygen atoms in total. The van der Waals surface area contributed by atoms with Crippen molar-refractivity contribution in [1.29, 1.82) is 0 Å². The maximum atomic E-state index is 5.13. The summed E-state index contributed by atoms with van der Waals surface area (Å²) in [4.78, 5) is 0. The minimum absolute atomic E-state index is 0.797. The fourth-order valence-corrected chi connectivity index (χ4v) is 2.01. The van der Waals surface area contributed by atoms with Crippen molar-refractivity contribution in [2.24, 2.45) is 5.92 Å². The second kappa shape index (κ2) is 3.41. The summed E-state index contributed by atoms with van der Waals surface area (Å²) in [6, 6.07) is 8.50. The minimum atomic E-state index is 0.797. The van der Waals surface area contributed by atoms with Gasteiger partial charge in [-0.25, -0.2) is 0 Å². The van der Waals surface area contributed by atoms with E-state index in [0.717, 1.165) is 17.6 Å². The third-order valence-corrected chi connectivity index (χ3v) is 3.16. The van der Waals surface area contributed by atoms with Crippen LogP contribution in [-0.2, 0) is 0 Å². The van der Waals surface area contributed by atoms with Crippen LogP contribution in [0.2, 0.25) is 0 Å². The first kappa shape index (κ1) is 8.61. The Labute approximate surface area is 79.7 Å². The van der Waals surface area contributed by atoms with Gasteiger partial charge in [0.25, 0.3) is 0 Å². The highest BCUT2D eigenvalue weighted by Crippen LogP contribution is 2.42. The molecule has 0 aliphatic heterocycles. The second-order valence-corrected chi connectivity index (χ2v) is 3.93. The summed E-state index contributed by atoms with van der Waals surface area (Å²) >= 11 is 0. The zero-order chi connectivity index (χ0) is 9.26. The first-order valence-electron chi connectivity index (χ1n) is 4.95. The van der Waals surface area contributed by atoms with E-state index in [0.29, 0.717) is 0 Å². The number of ether oxygens (including phenoxy) is 1. The molecule has 2 atom stereocenters. The molecule has 2 unspecified atom stereocenters. The van der Waals surface area contributed by atoms with Gasteiger partial charge in [-0.05, 0) is 42.4 Å². The first-order chi connectivity index (χ1) is 6.31. The molecule has 2 rings (SSSR count). The van der Waals surface area contributed by atoms with Crippen LogP contribution in [0.3, 0.4) is 0 Å². The molecule has 1 aliphatic carbocycles. The topological polar surface area (TPSA) is 9.23 Å². The highest BCUT2D eigenvalue weighted by Gasteiger charge is 2.27. The molecule has 1 heteroatoms. The lowest BCUT2D eigenvalue weighted by Crippen LogP contribution is -2.20. The Hall–Kier alpha value is -0.980. The molecule has 1 aliphatic rings. The van der Waals surface area contributed by atoms with E-state index in [2.05, 4.69) is 31.2 Å². The predicted octanol–water partition coefficient (Wildman–Crippen LogP) is 3.21. The minimum Gasteiger partial charge on any atom is -0.497 e. The van der Waals surface area contributed by atoms with Gasteiger partial charge in [0, 0.05) is 0 Å². The maximum absolute atomic E-state index is 5.13. The van der Waals surface area contributed by atoms with Crippen molar-refractivity contribution in [3.63, 3.8) is 0 Å². The van der Waals surface area contributed by atoms with Crippen LogP contribution < -0.4 is 4.74 Å². The highest BCUT2D eigenvalue weighted by atomic mass is 16.5. The fraction of sp³-hybridized carbons (Fsp3) is 0.500. The van der Waals surface area contributed by atoms with Crippen molar-refractivity contribution in [2.45, 2.75) is 25.7 Å². The van der Waals surface area contributed by atoms with Crippen molar-refractivity contribution in [2.75, 3.05) is 7.11 Å². The Morgan fingerprint density at radius 3 is 2.23 bits per heavy atom. The van der Waals surface area contributed by atoms with E-state index in [1.165, 1.54) is 18.4 Å². The predicted molar refractivity (Wildman–Crippen MR) is 54.1 cm³/mol. The Bertz CT molecular complexity index is 276. The molecule has 1 fully saturated rings. The number of methoxy groups -OCH3 is 1. The molecule has 0 radical (unpaired) electrons. The van der Waals surface area contributed by atoms with Crippen molar-refractivity contribution in [1.82, 2.24) is 0 Å². The molecule has 0 amide bonds. The Morgan fingerprint density at radius 1 is 1.15 bits per heavy atom. The van der Waals surface area contributed by atoms with E-state index in [4.69, 9.17) is 4.74 Å². The van der Waals surface area contributed by atoms with Gasteiger partial charge in [0.2, 0.25) is 0 Å². The van der Waals surface area contributed by atoms with Crippen LogP contribution in [0.25, 0.3) is 0 Å². The summed E-state index contributed by atoms with van der Waals surface area (Å²) in [6.45, 7) is 2.33. The van der Waals surface area contributed by atoms with E-state index < -0.39 is 0 Å². The Balaban J connectivity index is 2.13. The van der Waals surface area contributed by atoms with Gasteiger partial charge in [0.1, 0.15) is 5.75 Å². The van der Waals surface area contributed by atoms with Crippen LogP contribution in [-0.4, -0.2) is 7.11 Å². The van der Waals surface area contributed by atoms with Crippen LogP contribution in [0, 0.1) is 5.92 Å². The van der Waals surface area contributed by atoms with Crippen molar-refractivity contribution >= 4 is 0 Å². The third-order valence-electron chi connectivity index (χ3n) is 3.16. The van der Waals surface area contributed by atoms with Gasteiger partial charge >= 0.3 is 0 Å². The molecule has 0 spiro atoms. The molecule has 0 N–H and O–H groups in total. The molecule has 1 saturated carbocycles. The summed E-state index contributed by atoms with van der Waals surface area (Å²) in [5.74, 6) is 2.62. The van der Waals surface area contributed by atoms with Gasteiger partial charge in [-0.2, -0.15) is 0 Å². The summed E-state index contributed by atoms with van der Waals surface area (Å²) in [5, 5.41) is 0.